The molecule has 0 aliphatic heterocycles. The zero-order chi connectivity index (χ0) is 24.4. The highest BCUT2D eigenvalue weighted by atomic mass is 16.4. The lowest BCUT2D eigenvalue weighted by atomic mass is 10.00. The van der Waals surface area contributed by atoms with E-state index in [9.17, 15) is 28.8 Å². The van der Waals surface area contributed by atoms with Gasteiger partial charge in [-0.05, 0) is 46.5 Å². The van der Waals surface area contributed by atoms with E-state index in [1.165, 1.54) is 20.8 Å². The number of ketones is 5. The molecule has 9 heteroatoms. The fraction of sp³-hybridized carbons (Fsp3) is 0.739. The third-order valence-electron chi connectivity index (χ3n) is 3.48. The molecule has 0 aromatic rings. The summed E-state index contributed by atoms with van der Waals surface area (Å²) in [5, 5.41) is 17.2. The van der Waals surface area contributed by atoms with Crippen molar-refractivity contribution in [2.75, 3.05) is 0 Å². The molecule has 0 aliphatic rings. The second kappa shape index (κ2) is 23.5. The van der Waals surface area contributed by atoms with Crippen molar-refractivity contribution in [1.82, 2.24) is 0 Å². The van der Waals surface area contributed by atoms with Crippen molar-refractivity contribution in [2.45, 2.75) is 101 Å². The fourth-order valence-corrected chi connectivity index (χ4v) is 2.65. The molecule has 2 N–H and O–H groups in total. The molecule has 0 amide bonds. The van der Waals surface area contributed by atoms with E-state index in [4.69, 9.17) is 10.2 Å². The Kier molecular flexibility index (Phi) is 29.6. The van der Waals surface area contributed by atoms with Crippen LogP contribution in [0.5, 0.6) is 0 Å². The Hall–Kier alpha value is -2.16. The van der Waals surface area contributed by atoms with Crippen LogP contribution >= 0.6 is 0 Å². The molecule has 8 nitrogen and oxygen atoms in total. The van der Waals surface area contributed by atoms with E-state index >= 15 is 0 Å². The van der Waals surface area contributed by atoms with E-state index in [1.807, 2.05) is 6.92 Å². The van der Waals surface area contributed by atoms with Gasteiger partial charge in [-0.1, -0.05) is 21.3 Å². The highest BCUT2D eigenvalue weighted by Gasteiger charge is 2.09. The summed E-state index contributed by atoms with van der Waals surface area (Å²) >= 11 is 0. The largest absolute Gasteiger partial charge is 0.481 e. The van der Waals surface area contributed by atoms with Crippen LogP contribution in [0.4, 0.5) is 0 Å². The number of rotatable bonds is 12. The molecule has 0 bridgehead atoms. The summed E-state index contributed by atoms with van der Waals surface area (Å²) in [7, 11) is 0. The van der Waals surface area contributed by atoms with Gasteiger partial charge in [-0.2, -0.15) is 0 Å². The molecule has 0 rings (SSSR count). The number of carboxylic acids is 1. The second-order valence-corrected chi connectivity index (χ2v) is 7.99. The van der Waals surface area contributed by atoms with Crippen LogP contribution in [0, 0.1) is 11.8 Å². The zero-order valence-corrected chi connectivity index (χ0v) is 19.9. The van der Waals surface area contributed by atoms with Gasteiger partial charge < -0.3 is 24.6 Å². The molecule has 32 heavy (non-hydrogen) atoms. The van der Waals surface area contributed by atoms with Crippen molar-refractivity contribution < 1.29 is 39.0 Å². The highest BCUT2D eigenvalue weighted by molar-refractivity contribution is 5.80. The molecule has 185 valence electrons. The Labute approximate surface area is 195 Å². The Morgan fingerprint density at radius 2 is 0.781 bits per heavy atom. The standard InChI is InChI=1S/C8H14O2.2C7H12O3.CH4.B/c1-6(4-7(2)9)5-8(3)10;1-5(8)3-7(10)4-6(2)9;1-5(3-6(2)8)4-7(9)10;;/h6H,4-5H2,1-3H3;7,10H,3-4H2,1-2H3;5H,3-4H2,1-2H3,(H,9,10);1H4;/t;;5-;;/m..0../s1. The van der Waals surface area contributed by atoms with Gasteiger partial charge in [0.25, 0.3) is 0 Å². The van der Waals surface area contributed by atoms with E-state index in [1.54, 1.807) is 20.8 Å². The van der Waals surface area contributed by atoms with Gasteiger partial charge in [0.1, 0.15) is 28.9 Å². The molecule has 0 heterocycles. The van der Waals surface area contributed by atoms with Crippen LogP contribution in [0.3, 0.4) is 0 Å². The topological polar surface area (TPSA) is 143 Å². The first kappa shape index (κ1) is 40.2. The lowest BCUT2D eigenvalue weighted by molar-refractivity contribution is -0.138. The molecule has 0 aromatic heterocycles. The summed E-state index contributed by atoms with van der Waals surface area (Å²) < 4.78 is 0. The van der Waals surface area contributed by atoms with Gasteiger partial charge in [0.2, 0.25) is 0 Å². The summed E-state index contributed by atoms with van der Waals surface area (Å²) in [4.78, 5) is 62.3. The number of carboxylic acid groups (broad SMARTS) is 1. The molecule has 0 unspecified atom stereocenters. The first-order chi connectivity index (χ1) is 13.6. The van der Waals surface area contributed by atoms with E-state index in [2.05, 4.69) is 0 Å². The number of carbonyl (C=O) groups is 6. The summed E-state index contributed by atoms with van der Waals surface area (Å²) in [6.45, 7) is 11.0. The van der Waals surface area contributed by atoms with Gasteiger partial charge >= 0.3 is 5.97 Å². The number of Topliss-reactive ketones (excluding diaryl/α,β-unsaturated/α-hetero) is 5. The van der Waals surface area contributed by atoms with E-state index in [0.29, 0.717) is 19.3 Å². The van der Waals surface area contributed by atoms with Crippen LogP contribution in [0.15, 0.2) is 0 Å². The van der Waals surface area contributed by atoms with Gasteiger partial charge in [0, 0.05) is 46.9 Å². The lowest BCUT2D eigenvalue weighted by Gasteiger charge is -2.04. The third-order valence-corrected chi connectivity index (χ3v) is 3.48. The molecule has 1 atom stereocenters. The van der Waals surface area contributed by atoms with Crippen molar-refractivity contribution in [1.29, 1.82) is 0 Å². The minimum Gasteiger partial charge on any atom is -0.481 e. The van der Waals surface area contributed by atoms with E-state index in [0.717, 1.165) is 0 Å². The van der Waals surface area contributed by atoms with Gasteiger partial charge in [-0.25, -0.2) is 0 Å². The van der Waals surface area contributed by atoms with Gasteiger partial charge in [-0.15, -0.1) is 0 Å². The maximum atomic E-state index is 10.5. The molecular weight excluding hydrogens is 415 g/mol. The highest BCUT2D eigenvalue weighted by Crippen LogP contribution is 2.08. The summed E-state index contributed by atoms with van der Waals surface area (Å²) in [6, 6.07) is 0. The van der Waals surface area contributed by atoms with Crippen molar-refractivity contribution in [3.05, 3.63) is 0 Å². The quantitative estimate of drug-likeness (QED) is 0.425. The second-order valence-electron chi connectivity index (χ2n) is 7.99. The smallest absolute Gasteiger partial charge is 0.303 e. The molecule has 0 spiro atoms. The molecule has 0 fully saturated rings. The average Bonchev–Trinajstić information content (AvgIpc) is 2.42. The molecule has 3 radical (unpaired) electrons. The number of aliphatic hydroxyl groups is 1. The van der Waals surface area contributed by atoms with Crippen molar-refractivity contribution in [3.63, 3.8) is 0 Å². The molecule has 0 saturated carbocycles. The number of hydrogen-bond donors (Lipinski definition) is 2. The van der Waals surface area contributed by atoms with Crippen LogP contribution < -0.4 is 0 Å². The maximum Gasteiger partial charge on any atom is 0.303 e. The monoisotopic (exact) mass is 457 g/mol. The van der Waals surface area contributed by atoms with Gasteiger partial charge in [-0.3, -0.25) is 14.4 Å². The minimum atomic E-state index is -0.839. The Morgan fingerprint density at radius 3 is 0.969 bits per heavy atom. The normalized spacial score (nSPS) is 10.2. The molecular formula is C23H42BO8. The third kappa shape index (κ3) is 42.1. The number of aliphatic hydroxyl groups excluding tert-OH is 1. The Morgan fingerprint density at radius 1 is 0.562 bits per heavy atom. The van der Waals surface area contributed by atoms with Crippen LogP contribution in [0.2, 0.25) is 0 Å². The minimum absolute atomic E-state index is 0. The Bertz CT molecular complexity index is 458. The van der Waals surface area contributed by atoms with Crippen molar-refractivity contribution in [2.24, 2.45) is 11.8 Å². The van der Waals surface area contributed by atoms with Crippen molar-refractivity contribution >= 4 is 43.3 Å². The maximum absolute atomic E-state index is 10.5. The summed E-state index contributed by atoms with van der Waals surface area (Å²) in [5.74, 6) is -0.461. The predicted molar refractivity (Wildman–Crippen MR) is 126 cm³/mol. The van der Waals surface area contributed by atoms with Gasteiger partial charge in [0.05, 0.1) is 6.10 Å². The van der Waals surface area contributed by atoms with Gasteiger partial charge in [0.15, 0.2) is 0 Å². The molecule has 0 aliphatic carbocycles. The SMILES string of the molecule is C.CC(=O)CC(C)CC(C)=O.CC(=O)CC(O)CC(C)=O.CC(=O)C[C@H](C)CC(=O)O.[B]. The van der Waals surface area contributed by atoms with Crippen LogP contribution in [-0.2, 0) is 28.8 Å². The summed E-state index contributed by atoms with van der Waals surface area (Å²) in [5.41, 5.74) is 0. The number of hydrogen-bond acceptors (Lipinski definition) is 7. The molecule has 0 aromatic carbocycles. The zero-order valence-electron chi connectivity index (χ0n) is 19.9. The first-order valence-corrected chi connectivity index (χ1v) is 9.93. The van der Waals surface area contributed by atoms with E-state index < -0.39 is 12.1 Å². The van der Waals surface area contributed by atoms with Crippen LogP contribution in [0.25, 0.3) is 0 Å². The summed E-state index contributed by atoms with van der Waals surface area (Å²) in [6.07, 6.45) is 0.888. The van der Waals surface area contributed by atoms with E-state index in [-0.39, 0.29) is 75.9 Å². The van der Waals surface area contributed by atoms with Crippen LogP contribution in [-0.4, -0.2) is 59.6 Å². The number of carbonyl (C=O) groups excluding carboxylic acids is 5. The predicted octanol–water partition coefficient (Wildman–Crippen LogP) is 3.22. The average molecular weight is 457 g/mol. The fourth-order valence-electron chi connectivity index (χ4n) is 2.65. The number of aliphatic carboxylic acids is 1. The first-order valence-electron chi connectivity index (χ1n) is 9.93. The molecule has 0 saturated heterocycles. The Balaban J connectivity index is -0.000000110. The van der Waals surface area contributed by atoms with Crippen molar-refractivity contribution in [3.8, 4) is 0 Å². The lowest BCUT2D eigenvalue weighted by Crippen LogP contribution is -2.14. The van der Waals surface area contributed by atoms with Crippen LogP contribution in [0.1, 0.15) is 94.4 Å².